The lowest BCUT2D eigenvalue weighted by atomic mass is 10.1. The first-order valence-corrected chi connectivity index (χ1v) is 9.96. The van der Waals surface area contributed by atoms with Crippen molar-refractivity contribution in [3.8, 4) is 5.75 Å². The molecule has 0 heterocycles. The number of rotatable bonds is 5. The standard InChI is InChI=1S/C19H19N5O4S/c1-11-8-14(5-7-16(11)23-21-3)22-24-18-17(29(26,27)28)10-12-9-13(20-2)4-6-15(12)19(18)25/h4-10,20,25H,1-3H3,(H,26,27,28). The van der Waals surface area contributed by atoms with Gasteiger partial charge in [-0.1, -0.05) is 0 Å². The van der Waals surface area contributed by atoms with Crippen molar-refractivity contribution in [1.29, 1.82) is 0 Å². The van der Waals surface area contributed by atoms with Crippen LogP contribution >= 0.6 is 0 Å². The topological polar surface area (TPSA) is 136 Å². The Bertz CT molecular complexity index is 1250. The molecule has 0 bridgehead atoms. The largest absolute Gasteiger partial charge is 0.505 e. The van der Waals surface area contributed by atoms with Crippen LogP contribution in [0.2, 0.25) is 0 Å². The van der Waals surface area contributed by atoms with Gasteiger partial charge in [-0.2, -0.15) is 23.8 Å². The number of phenolic OH excluding ortho intramolecular Hbond substituents is 1. The van der Waals surface area contributed by atoms with E-state index in [1.54, 1.807) is 50.5 Å². The molecule has 10 heteroatoms. The quantitative estimate of drug-likeness (QED) is 0.386. The van der Waals surface area contributed by atoms with Crippen LogP contribution in [0.25, 0.3) is 10.8 Å². The van der Waals surface area contributed by atoms with E-state index in [2.05, 4.69) is 25.8 Å². The molecule has 0 radical (unpaired) electrons. The third kappa shape index (κ3) is 4.23. The molecule has 0 saturated heterocycles. The molecule has 3 aromatic carbocycles. The fourth-order valence-electron chi connectivity index (χ4n) is 2.83. The number of fused-ring (bicyclic) bond motifs is 1. The Morgan fingerprint density at radius 3 is 2.38 bits per heavy atom. The van der Waals surface area contributed by atoms with Crippen LogP contribution < -0.4 is 5.32 Å². The highest BCUT2D eigenvalue weighted by Gasteiger charge is 2.22. The summed E-state index contributed by atoms with van der Waals surface area (Å²) < 4.78 is 33.4. The Morgan fingerprint density at radius 2 is 1.76 bits per heavy atom. The molecule has 3 aromatic rings. The number of anilines is 1. The first-order chi connectivity index (χ1) is 13.7. The average molecular weight is 413 g/mol. The van der Waals surface area contributed by atoms with E-state index in [1.807, 2.05) is 6.92 Å². The Kier molecular flexibility index (Phi) is 5.57. The fraction of sp³-hybridized carbons (Fsp3) is 0.158. The van der Waals surface area contributed by atoms with E-state index in [9.17, 15) is 18.1 Å². The molecular formula is C19H19N5O4S. The molecule has 0 fully saturated rings. The summed E-state index contributed by atoms with van der Waals surface area (Å²) in [6.45, 7) is 1.82. The highest BCUT2D eigenvalue weighted by atomic mass is 32.2. The van der Waals surface area contributed by atoms with Crippen molar-refractivity contribution >= 4 is 43.6 Å². The number of nitrogens with zero attached hydrogens (tertiary/aromatic N) is 4. The SMILES string of the molecule is CN=Nc1ccc(N=Nc2c(S(=O)(=O)O)cc3cc(NC)ccc3c2O)cc1C. The second kappa shape index (κ2) is 7.94. The van der Waals surface area contributed by atoms with Crippen molar-refractivity contribution in [2.75, 3.05) is 19.4 Å². The van der Waals surface area contributed by atoms with Gasteiger partial charge in [0.25, 0.3) is 10.1 Å². The number of aromatic hydroxyl groups is 1. The molecule has 0 saturated carbocycles. The number of azo groups is 2. The van der Waals surface area contributed by atoms with Crippen LogP contribution in [0.15, 0.2) is 67.8 Å². The highest BCUT2D eigenvalue weighted by molar-refractivity contribution is 7.86. The highest BCUT2D eigenvalue weighted by Crippen LogP contribution is 2.42. The fourth-order valence-corrected chi connectivity index (χ4v) is 3.49. The molecule has 0 aliphatic rings. The minimum atomic E-state index is -4.66. The third-order valence-electron chi connectivity index (χ3n) is 4.27. The smallest absolute Gasteiger partial charge is 0.296 e. The minimum Gasteiger partial charge on any atom is -0.505 e. The van der Waals surface area contributed by atoms with Gasteiger partial charge in [-0.3, -0.25) is 4.55 Å². The summed E-state index contributed by atoms with van der Waals surface area (Å²) in [5.74, 6) is -0.394. The van der Waals surface area contributed by atoms with Gasteiger partial charge in [-0.05, 0) is 60.3 Å². The molecule has 0 aliphatic carbocycles. The Labute approximate surface area is 167 Å². The molecule has 9 nitrogen and oxygen atoms in total. The van der Waals surface area contributed by atoms with E-state index >= 15 is 0 Å². The lowest BCUT2D eigenvalue weighted by molar-refractivity contribution is 0.472. The predicted octanol–water partition coefficient (Wildman–Crippen LogP) is 5.27. The normalized spacial score (nSPS) is 12.3. The summed E-state index contributed by atoms with van der Waals surface area (Å²) >= 11 is 0. The van der Waals surface area contributed by atoms with Crippen molar-refractivity contribution in [1.82, 2.24) is 0 Å². The number of hydrogen-bond acceptors (Lipinski definition) is 8. The van der Waals surface area contributed by atoms with Crippen LogP contribution in [-0.2, 0) is 10.1 Å². The molecule has 0 atom stereocenters. The van der Waals surface area contributed by atoms with Gasteiger partial charge in [0.15, 0.2) is 5.75 Å². The first-order valence-electron chi connectivity index (χ1n) is 8.52. The lowest BCUT2D eigenvalue weighted by Gasteiger charge is -2.10. The van der Waals surface area contributed by atoms with Gasteiger partial charge in [-0.25, -0.2) is 0 Å². The average Bonchev–Trinajstić information content (AvgIpc) is 2.68. The predicted molar refractivity (Wildman–Crippen MR) is 111 cm³/mol. The van der Waals surface area contributed by atoms with Crippen molar-refractivity contribution in [3.05, 3.63) is 48.0 Å². The maximum atomic E-state index is 11.9. The van der Waals surface area contributed by atoms with Crippen LogP contribution in [-0.4, -0.2) is 32.2 Å². The number of nitrogens with one attached hydrogen (secondary N) is 1. The van der Waals surface area contributed by atoms with Crippen molar-refractivity contribution in [2.24, 2.45) is 20.5 Å². The van der Waals surface area contributed by atoms with Gasteiger partial charge >= 0.3 is 0 Å². The van der Waals surface area contributed by atoms with Crippen molar-refractivity contribution in [2.45, 2.75) is 11.8 Å². The first kappa shape index (κ1) is 20.4. The molecule has 0 aromatic heterocycles. The van der Waals surface area contributed by atoms with E-state index in [0.717, 1.165) is 5.56 Å². The van der Waals surface area contributed by atoms with E-state index in [1.165, 1.54) is 6.07 Å². The van der Waals surface area contributed by atoms with Gasteiger partial charge in [-0.15, -0.1) is 5.11 Å². The van der Waals surface area contributed by atoms with E-state index in [0.29, 0.717) is 27.8 Å². The monoisotopic (exact) mass is 413 g/mol. The Balaban J connectivity index is 2.16. The van der Waals surface area contributed by atoms with E-state index in [-0.39, 0.29) is 5.69 Å². The summed E-state index contributed by atoms with van der Waals surface area (Å²) in [5.41, 5.74) is 2.26. The number of benzene rings is 3. The van der Waals surface area contributed by atoms with Gasteiger partial charge in [0.05, 0.1) is 11.4 Å². The Hall–Kier alpha value is -3.37. The summed E-state index contributed by atoms with van der Waals surface area (Å²) in [6.07, 6.45) is 0. The molecule has 3 N–H and O–H groups in total. The molecule has 0 aliphatic heterocycles. The molecule has 0 unspecified atom stereocenters. The third-order valence-corrected chi connectivity index (χ3v) is 5.14. The van der Waals surface area contributed by atoms with Crippen LogP contribution in [0.4, 0.5) is 22.7 Å². The minimum absolute atomic E-state index is 0.341. The van der Waals surface area contributed by atoms with Crippen LogP contribution in [0.3, 0.4) is 0 Å². The van der Waals surface area contributed by atoms with E-state index in [4.69, 9.17) is 0 Å². The lowest BCUT2D eigenvalue weighted by Crippen LogP contribution is -1.99. The molecular weight excluding hydrogens is 394 g/mol. The molecule has 0 spiro atoms. The van der Waals surface area contributed by atoms with Gasteiger partial charge < -0.3 is 10.4 Å². The zero-order chi connectivity index (χ0) is 21.2. The van der Waals surface area contributed by atoms with Crippen molar-refractivity contribution < 1.29 is 18.1 Å². The number of phenols is 1. The molecule has 150 valence electrons. The summed E-state index contributed by atoms with van der Waals surface area (Å²) in [5, 5.41) is 30.0. The Morgan fingerprint density at radius 1 is 1.00 bits per heavy atom. The van der Waals surface area contributed by atoms with Gasteiger partial charge in [0.2, 0.25) is 0 Å². The summed E-state index contributed by atoms with van der Waals surface area (Å²) in [6, 6.07) is 11.3. The summed E-state index contributed by atoms with van der Waals surface area (Å²) in [4.78, 5) is -0.535. The molecule has 3 rings (SSSR count). The maximum absolute atomic E-state index is 11.9. The summed E-state index contributed by atoms with van der Waals surface area (Å²) in [7, 11) is -1.38. The second-order valence-electron chi connectivity index (χ2n) is 6.20. The van der Waals surface area contributed by atoms with Crippen molar-refractivity contribution in [3.63, 3.8) is 0 Å². The maximum Gasteiger partial charge on any atom is 0.296 e. The second-order valence-corrected chi connectivity index (χ2v) is 7.59. The van der Waals surface area contributed by atoms with Crippen LogP contribution in [0, 0.1) is 6.92 Å². The number of hydrogen-bond donors (Lipinski definition) is 3. The van der Waals surface area contributed by atoms with Gasteiger partial charge in [0.1, 0.15) is 10.6 Å². The van der Waals surface area contributed by atoms with Crippen LogP contribution in [0.5, 0.6) is 5.75 Å². The van der Waals surface area contributed by atoms with Crippen LogP contribution in [0.1, 0.15) is 5.56 Å². The molecule has 0 amide bonds. The zero-order valence-corrected chi connectivity index (χ0v) is 16.8. The zero-order valence-electron chi connectivity index (χ0n) is 15.9. The van der Waals surface area contributed by atoms with Gasteiger partial charge in [0, 0.05) is 25.2 Å². The molecule has 29 heavy (non-hydrogen) atoms. The van der Waals surface area contributed by atoms with E-state index < -0.39 is 20.8 Å². The number of aryl methyl sites for hydroxylation is 1.